The number of rotatable bonds is 5. The number of aromatic nitrogens is 4. The summed E-state index contributed by atoms with van der Waals surface area (Å²) in [5, 5.41) is 6.45. The fourth-order valence-electron chi connectivity index (χ4n) is 11.1. The first-order chi connectivity index (χ1) is 35.7. The highest BCUT2D eigenvalue weighted by Gasteiger charge is 2.31. The van der Waals surface area contributed by atoms with E-state index in [1.165, 1.54) is 22.3 Å². The molecule has 6 heteroatoms. The standard InChI is InChI=1S/C69H63N5O/c1-66(2,3)43-27-31-56-49(35-43)50-36-44(67(4,5)6)28-32-57(50)73(56)62-55(70-13)40-60-61(63(62)74-58-33-29-45(68(7,8)9)37-51(58)52-38-46(69(10,11)12)30-34-59(52)74)47-25-20-26-48(64(47)75-60)65-71-53(41-21-16-14-17-22-41)39-54(72-65)42-23-18-15-19-24-42/h14-40H,1-12H3. The number of nitrogens with zero attached hydrogens (tertiary/aromatic N) is 5. The summed E-state index contributed by atoms with van der Waals surface area (Å²) in [6, 6.07) is 58.7. The highest BCUT2D eigenvalue weighted by molar-refractivity contribution is 6.20. The van der Waals surface area contributed by atoms with Crippen molar-refractivity contribution < 1.29 is 4.42 Å². The van der Waals surface area contributed by atoms with Gasteiger partial charge in [-0.3, -0.25) is 0 Å². The van der Waals surface area contributed by atoms with Gasteiger partial charge in [-0.2, -0.15) is 0 Å². The van der Waals surface area contributed by atoms with E-state index in [1.54, 1.807) is 0 Å². The second kappa shape index (κ2) is 16.9. The van der Waals surface area contributed by atoms with Gasteiger partial charge >= 0.3 is 0 Å². The summed E-state index contributed by atoms with van der Waals surface area (Å²) in [4.78, 5) is 15.1. The number of fused-ring (bicyclic) bond motifs is 9. The lowest BCUT2D eigenvalue weighted by Crippen LogP contribution is -2.11. The Kier molecular flexibility index (Phi) is 10.7. The normalized spacial score (nSPS) is 12.8. The largest absolute Gasteiger partial charge is 0.457 e. The SMILES string of the molecule is [C-]#[N+]c1cc2oc3c(-c4nc(-c5ccccc5)cc(-c5ccccc5)n4)cccc3c2c(-n2c3ccc(C(C)(C)C)cc3c3cc(C(C)(C)C)ccc32)c1-n1c2ccc(C(C)(C)C)cc2c2cc(C(C)(C)C)ccc21. The smallest absolute Gasteiger partial charge is 0.216 e. The molecule has 0 saturated carbocycles. The number of para-hydroxylation sites is 1. The zero-order valence-corrected chi connectivity index (χ0v) is 45.2. The van der Waals surface area contributed by atoms with E-state index < -0.39 is 0 Å². The molecule has 0 amide bonds. The van der Waals surface area contributed by atoms with Gasteiger partial charge in [0.1, 0.15) is 11.2 Å². The first-order valence-corrected chi connectivity index (χ1v) is 26.3. The molecule has 0 radical (unpaired) electrons. The van der Waals surface area contributed by atoms with Crippen LogP contribution >= 0.6 is 0 Å². The van der Waals surface area contributed by atoms with Crippen LogP contribution in [0.5, 0.6) is 0 Å². The summed E-state index contributed by atoms with van der Waals surface area (Å²) >= 11 is 0. The monoisotopic (exact) mass is 978 g/mol. The third-order valence-corrected chi connectivity index (χ3v) is 15.4. The molecule has 0 saturated heterocycles. The van der Waals surface area contributed by atoms with Crippen LogP contribution in [0, 0.1) is 6.57 Å². The molecule has 8 aromatic carbocycles. The van der Waals surface area contributed by atoms with Gasteiger partial charge in [-0.05, 0) is 111 Å². The molecule has 4 aromatic heterocycles. The minimum Gasteiger partial charge on any atom is -0.457 e. The van der Waals surface area contributed by atoms with Gasteiger partial charge < -0.3 is 13.6 Å². The Morgan fingerprint density at radius 3 is 1.20 bits per heavy atom. The van der Waals surface area contributed by atoms with Crippen molar-refractivity contribution >= 4 is 71.2 Å². The second-order valence-corrected chi connectivity index (χ2v) is 24.7. The highest BCUT2D eigenvalue weighted by atomic mass is 16.3. The summed E-state index contributed by atoms with van der Waals surface area (Å²) in [7, 11) is 0. The molecule has 0 fully saturated rings. The number of hydrogen-bond acceptors (Lipinski definition) is 3. The van der Waals surface area contributed by atoms with Crippen molar-refractivity contribution in [3.63, 3.8) is 0 Å². The summed E-state index contributed by atoms with van der Waals surface area (Å²) in [6.07, 6.45) is 0. The minimum absolute atomic E-state index is 0.0869. The van der Waals surface area contributed by atoms with Gasteiger partial charge in [0, 0.05) is 38.1 Å². The molecule has 0 atom stereocenters. The summed E-state index contributed by atoms with van der Waals surface area (Å²) in [5.74, 6) is 0.556. The number of furan rings is 1. The van der Waals surface area contributed by atoms with E-state index >= 15 is 0 Å². The molecule has 0 aliphatic rings. The van der Waals surface area contributed by atoms with Crippen LogP contribution in [0.3, 0.4) is 0 Å². The Morgan fingerprint density at radius 2 is 0.813 bits per heavy atom. The van der Waals surface area contributed by atoms with Crippen molar-refractivity contribution in [3.8, 4) is 45.3 Å². The van der Waals surface area contributed by atoms with E-state index in [0.29, 0.717) is 22.7 Å². The third-order valence-electron chi connectivity index (χ3n) is 15.4. The Labute approximate surface area is 440 Å². The van der Waals surface area contributed by atoms with Gasteiger partial charge in [0.15, 0.2) is 5.82 Å². The Balaban J connectivity index is 1.27. The molecule has 0 aliphatic heterocycles. The van der Waals surface area contributed by atoms with Crippen LogP contribution in [0.4, 0.5) is 5.69 Å². The van der Waals surface area contributed by atoms with Gasteiger partial charge in [-0.25, -0.2) is 14.8 Å². The Bertz CT molecular complexity index is 4120. The Hall–Kier alpha value is -8.27. The molecular weight excluding hydrogens is 915 g/mol. The van der Waals surface area contributed by atoms with Gasteiger partial charge in [0.05, 0.1) is 62.4 Å². The summed E-state index contributed by atoms with van der Waals surface area (Å²) in [6.45, 7) is 36.6. The lowest BCUT2D eigenvalue weighted by atomic mass is 9.85. The molecule has 12 rings (SSSR count). The first-order valence-electron chi connectivity index (χ1n) is 26.3. The molecule has 4 heterocycles. The minimum atomic E-state index is -0.0924. The predicted octanol–water partition coefficient (Wildman–Crippen LogP) is 19.3. The van der Waals surface area contributed by atoms with Crippen molar-refractivity contribution in [2.24, 2.45) is 0 Å². The molecule has 0 bridgehead atoms. The summed E-state index contributed by atoms with van der Waals surface area (Å²) < 4.78 is 12.1. The van der Waals surface area contributed by atoms with Gasteiger partial charge in [0.25, 0.3) is 0 Å². The first kappa shape index (κ1) is 47.7. The molecule has 0 spiro atoms. The molecule has 370 valence electrons. The van der Waals surface area contributed by atoms with Crippen LogP contribution in [0.25, 0.3) is 116 Å². The highest BCUT2D eigenvalue weighted by Crippen LogP contribution is 2.50. The molecule has 0 unspecified atom stereocenters. The maximum atomic E-state index is 9.21. The van der Waals surface area contributed by atoms with Gasteiger partial charge in [-0.1, -0.05) is 180 Å². The van der Waals surface area contributed by atoms with Crippen molar-refractivity contribution in [2.75, 3.05) is 0 Å². The molecular formula is C69H63N5O. The van der Waals surface area contributed by atoms with E-state index in [9.17, 15) is 6.57 Å². The maximum Gasteiger partial charge on any atom is 0.216 e. The van der Waals surface area contributed by atoms with Crippen molar-refractivity contribution in [3.05, 3.63) is 197 Å². The number of benzene rings is 8. The maximum absolute atomic E-state index is 9.21. The zero-order chi connectivity index (χ0) is 52.5. The second-order valence-electron chi connectivity index (χ2n) is 24.7. The quantitative estimate of drug-likeness (QED) is 0.162. The molecule has 75 heavy (non-hydrogen) atoms. The zero-order valence-electron chi connectivity index (χ0n) is 45.2. The van der Waals surface area contributed by atoms with Crippen LogP contribution < -0.4 is 0 Å². The molecule has 6 nitrogen and oxygen atoms in total. The van der Waals surface area contributed by atoms with E-state index in [2.05, 4.69) is 218 Å². The van der Waals surface area contributed by atoms with Crippen LogP contribution in [0.15, 0.2) is 168 Å². The Morgan fingerprint density at radius 1 is 0.413 bits per heavy atom. The van der Waals surface area contributed by atoms with Crippen LogP contribution in [-0.4, -0.2) is 19.1 Å². The van der Waals surface area contributed by atoms with E-state index in [1.807, 2.05) is 42.5 Å². The lowest BCUT2D eigenvalue weighted by Gasteiger charge is -2.22. The fraction of sp³-hybridized carbons (Fsp3) is 0.232. The van der Waals surface area contributed by atoms with Gasteiger partial charge in [0.2, 0.25) is 5.69 Å². The van der Waals surface area contributed by atoms with E-state index in [4.69, 9.17) is 14.4 Å². The predicted molar refractivity (Wildman–Crippen MR) is 315 cm³/mol. The van der Waals surface area contributed by atoms with Crippen molar-refractivity contribution in [2.45, 2.75) is 105 Å². The average Bonchev–Trinajstić information content (AvgIpc) is 4.07. The van der Waals surface area contributed by atoms with Crippen LogP contribution in [0.2, 0.25) is 0 Å². The molecule has 0 aliphatic carbocycles. The van der Waals surface area contributed by atoms with Crippen LogP contribution in [0.1, 0.15) is 105 Å². The topological polar surface area (TPSA) is 53.1 Å². The number of hydrogen-bond donors (Lipinski definition) is 0. The van der Waals surface area contributed by atoms with E-state index in [0.717, 1.165) is 93.8 Å². The van der Waals surface area contributed by atoms with E-state index in [-0.39, 0.29) is 21.7 Å². The van der Waals surface area contributed by atoms with Crippen molar-refractivity contribution in [1.82, 2.24) is 19.1 Å². The van der Waals surface area contributed by atoms with Crippen molar-refractivity contribution in [1.29, 1.82) is 0 Å². The average molecular weight is 978 g/mol. The fourth-order valence-corrected chi connectivity index (χ4v) is 11.1. The molecule has 0 N–H and O–H groups in total. The molecule has 12 aromatic rings. The third kappa shape index (κ3) is 7.91. The summed E-state index contributed by atoms with van der Waals surface area (Å²) in [5.41, 5.74) is 16.7. The van der Waals surface area contributed by atoms with Crippen LogP contribution in [-0.2, 0) is 21.7 Å². The van der Waals surface area contributed by atoms with Gasteiger partial charge in [-0.15, -0.1) is 0 Å². The lowest BCUT2D eigenvalue weighted by molar-refractivity contribution is 0.590.